The summed E-state index contributed by atoms with van der Waals surface area (Å²) in [7, 11) is 1.58. The Morgan fingerprint density at radius 3 is 3.05 bits per heavy atom. The maximum atomic E-state index is 5.91. The molecule has 0 amide bonds. The molecule has 1 aliphatic rings. The summed E-state index contributed by atoms with van der Waals surface area (Å²) in [6.07, 6.45) is 7.19. The van der Waals surface area contributed by atoms with Crippen LogP contribution in [0.1, 0.15) is 25.5 Å². The molecule has 22 heavy (non-hydrogen) atoms. The van der Waals surface area contributed by atoms with Gasteiger partial charge < -0.3 is 19.9 Å². The van der Waals surface area contributed by atoms with Crippen LogP contribution in [0.25, 0.3) is 11.1 Å². The minimum atomic E-state index is 0.0421. The summed E-state index contributed by atoms with van der Waals surface area (Å²) >= 11 is 0. The van der Waals surface area contributed by atoms with Crippen molar-refractivity contribution >= 4 is 5.69 Å². The lowest BCUT2D eigenvalue weighted by Gasteiger charge is -2.22. The molecule has 1 atom stereocenters. The molecule has 2 aromatic rings. The topological polar surface area (TPSA) is 71.5 Å². The molecule has 0 saturated carbocycles. The maximum Gasteiger partial charge on any atom is 0.188 e. The van der Waals surface area contributed by atoms with Gasteiger partial charge in [-0.05, 0) is 37.0 Å². The Hall–Kier alpha value is -2.05. The van der Waals surface area contributed by atoms with Crippen LogP contribution in [0, 0.1) is 0 Å². The summed E-state index contributed by atoms with van der Waals surface area (Å²) in [6.45, 7) is 0.972. The minimum absolute atomic E-state index is 0.0421. The molecule has 1 fully saturated rings. The van der Waals surface area contributed by atoms with Gasteiger partial charge in [0, 0.05) is 25.5 Å². The van der Waals surface area contributed by atoms with Crippen LogP contribution in [0.2, 0.25) is 0 Å². The van der Waals surface area contributed by atoms with E-state index in [2.05, 4.69) is 5.10 Å². The van der Waals surface area contributed by atoms with Gasteiger partial charge in [-0.15, -0.1) is 0 Å². The lowest BCUT2D eigenvalue weighted by molar-refractivity contribution is -0.0394. The molecular weight excluding hydrogens is 282 g/mol. The van der Waals surface area contributed by atoms with E-state index in [0.717, 1.165) is 30.6 Å². The van der Waals surface area contributed by atoms with Gasteiger partial charge in [0.05, 0.1) is 11.9 Å². The van der Waals surface area contributed by atoms with E-state index in [1.54, 1.807) is 7.11 Å². The van der Waals surface area contributed by atoms with Crippen LogP contribution in [0.4, 0.5) is 5.69 Å². The van der Waals surface area contributed by atoms with Crippen LogP contribution in [-0.2, 0) is 9.47 Å². The number of rotatable bonds is 5. The maximum absolute atomic E-state index is 5.91. The predicted octanol–water partition coefficient (Wildman–Crippen LogP) is 2.81. The second-order valence-electron chi connectivity index (χ2n) is 5.33. The molecule has 118 valence electrons. The summed E-state index contributed by atoms with van der Waals surface area (Å²) in [5.74, 6) is 0.612. The van der Waals surface area contributed by atoms with E-state index in [9.17, 15) is 0 Å². The number of aromatic nitrogens is 2. The highest BCUT2D eigenvalue weighted by Gasteiger charge is 2.17. The zero-order valence-corrected chi connectivity index (χ0v) is 12.7. The molecule has 2 N–H and O–H groups in total. The molecule has 1 aromatic heterocycles. The molecule has 0 spiro atoms. The fraction of sp³-hybridized carbons (Fsp3) is 0.438. The molecule has 1 unspecified atom stereocenters. The Morgan fingerprint density at radius 2 is 2.27 bits per heavy atom. The van der Waals surface area contributed by atoms with E-state index < -0.39 is 0 Å². The quantitative estimate of drug-likeness (QED) is 0.679. The number of nitrogen functional groups attached to an aromatic ring is 1. The highest BCUT2D eigenvalue weighted by Crippen LogP contribution is 2.30. The normalized spacial score (nSPS) is 18.3. The number of ether oxygens (including phenoxy) is 3. The summed E-state index contributed by atoms with van der Waals surface area (Å²) in [5, 5.41) is 4.43. The van der Waals surface area contributed by atoms with Crippen molar-refractivity contribution in [2.24, 2.45) is 0 Å². The van der Waals surface area contributed by atoms with Crippen LogP contribution >= 0.6 is 0 Å². The van der Waals surface area contributed by atoms with Gasteiger partial charge in [0.25, 0.3) is 0 Å². The van der Waals surface area contributed by atoms with E-state index in [1.807, 2.05) is 35.3 Å². The number of nitrogens with two attached hydrogens (primary N) is 1. The Morgan fingerprint density at radius 1 is 1.36 bits per heavy atom. The average Bonchev–Trinajstić information content (AvgIpc) is 3.05. The van der Waals surface area contributed by atoms with Crippen molar-refractivity contribution in [3.05, 3.63) is 30.6 Å². The third-order valence-corrected chi connectivity index (χ3v) is 3.73. The fourth-order valence-electron chi connectivity index (χ4n) is 2.54. The van der Waals surface area contributed by atoms with Crippen LogP contribution in [0.5, 0.6) is 5.75 Å². The number of hydrogen-bond acceptors (Lipinski definition) is 5. The molecule has 1 saturated heterocycles. The number of nitrogens with zero attached hydrogens (tertiary/aromatic N) is 2. The van der Waals surface area contributed by atoms with Crippen LogP contribution in [-0.4, -0.2) is 30.3 Å². The molecule has 1 aromatic carbocycles. The van der Waals surface area contributed by atoms with Gasteiger partial charge in [0.1, 0.15) is 12.0 Å². The Kier molecular flexibility index (Phi) is 4.60. The van der Waals surface area contributed by atoms with Crippen molar-refractivity contribution in [3.8, 4) is 16.9 Å². The van der Waals surface area contributed by atoms with Crippen LogP contribution < -0.4 is 10.5 Å². The van der Waals surface area contributed by atoms with Gasteiger partial charge in [0.15, 0.2) is 6.79 Å². The minimum Gasteiger partial charge on any atom is -0.465 e. The molecule has 6 heteroatoms. The van der Waals surface area contributed by atoms with E-state index in [0.29, 0.717) is 11.4 Å². The van der Waals surface area contributed by atoms with Crippen molar-refractivity contribution in [3.63, 3.8) is 0 Å². The Labute approximate surface area is 129 Å². The second kappa shape index (κ2) is 6.81. The van der Waals surface area contributed by atoms with Gasteiger partial charge in [0.2, 0.25) is 0 Å². The van der Waals surface area contributed by atoms with E-state index in [4.69, 9.17) is 19.9 Å². The molecule has 0 aliphatic carbocycles. The third kappa shape index (κ3) is 3.23. The van der Waals surface area contributed by atoms with Crippen LogP contribution in [0.3, 0.4) is 0 Å². The second-order valence-corrected chi connectivity index (χ2v) is 5.33. The average molecular weight is 303 g/mol. The monoisotopic (exact) mass is 303 g/mol. The van der Waals surface area contributed by atoms with Crippen molar-refractivity contribution < 1.29 is 14.2 Å². The van der Waals surface area contributed by atoms with Crippen molar-refractivity contribution in [2.45, 2.75) is 25.5 Å². The Balaban J connectivity index is 1.80. The number of anilines is 1. The van der Waals surface area contributed by atoms with Gasteiger partial charge in [-0.2, -0.15) is 5.10 Å². The molecule has 6 nitrogen and oxygen atoms in total. The fourth-order valence-corrected chi connectivity index (χ4v) is 2.54. The first-order valence-corrected chi connectivity index (χ1v) is 7.45. The van der Waals surface area contributed by atoms with Crippen LogP contribution in [0.15, 0.2) is 30.6 Å². The highest BCUT2D eigenvalue weighted by molar-refractivity contribution is 5.68. The Bertz CT molecular complexity index is 621. The smallest absolute Gasteiger partial charge is 0.188 e. The van der Waals surface area contributed by atoms with Gasteiger partial charge in [-0.25, -0.2) is 4.68 Å². The van der Waals surface area contributed by atoms with Gasteiger partial charge >= 0.3 is 0 Å². The van der Waals surface area contributed by atoms with E-state index >= 15 is 0 Å². The number of hydrogen-bond donors (Lipinski definition) is 1. The summed E-state index contributed by atoms with van der Waals surface area (Å²) in [6, 6.07) is 5.68. The van der Waals surface area contributed by atoms with Crippen molar-refractivity contribution in [1.29, 1.82) is 0 Å². The van der Waals surface area contributed by atoms with Crippen molar-refractivity contribution in [2.75, 3.05) is 26.2 Å². The molecule has 0 bridgehead atoms. The summed E-state index contributed by atoms with van der Waals surface area (Å²) in [4.78, 5) is 0. The third-order valence-electron chi connectivity index (χ3n) is 3.73. The van der Waals surface area contributed by atoms with Crippen molar-refractivity contribution in [1.82, 2.24) is 9.78 Å². The summed E-state index contributed by atoms with van der Waals surface area (Å²) < 4.78 is 18.0. The molecular formula is C16H21N3O3. The SMILES string of the molecule is COCOc1cc(-c2cnn(C3CCCCO3)c2)ccc1N. The molecule has 0 radical (unpaired) electrons. The first kappa shape index (κ1) is 14.9. The molecule has 2 heterocycles. The standard InChI is InChI=1S/C16H21N3O3/c1-20-11-22-15-8-12(5-6-14(15)17)13-9-18-19(10-13)16-4-2-3-7-21-16/h5-6,8-10,16H,2-4,7,11,17H2,1H3. The molecule has 3 rings (SSSR count). The largest absolute Gasteiger partial charge is 0.465 e. The first-order chi connectivity index (χ1) is 10.8. The predicted molar refractivity (Wildman–Crippen MR) is 83.4 cm³/mol. The lowest BCUT2D eigenvalue weighted by Crippen LogP contribution is -2.18. The zero-order valence-electron chi connectivity index (χ0n) is 12.7. The lowest BCUT2D eigenvalue weighted by atomic mass is 10.1. The highest BCUT2D eigenvalue weighted by atomic mass is 16.7. The van der Waals surface area contributed by atoms with Gasteiger partial charge in [-0.1, -0.05) is 6.07 Å². The number of methoxy groups -OCH3 is 1. The van der Waals surface area contributed by atoms with Gasteiger partial charge in [-0.3, -0.25) is 0 Å². The molecule has 1 aliphatic heterocycles. The zero-order chi connectivity index (χ0) is 15.4. The summed E-state index contributed by atoms with van der Waals surface area (Å²) in [5.41, 5.74) is 8.51. The van der Waals surface area contributed by atoms with E-state index in [-0.39, 0.29) is 13.0 Å². The van der Waals surface area contributed by atoms with E-state index in [1.165, 1.54) is 6.42 Å². The first-order valence-electron chi connectivity index (χ1n) is 7.45. The number of benzene rings is 1.